The highest BCUT2D eigenvalue weighted by molar-refractivity contribution is 6.10. The number of aliphatic hydroxyl groups is 1. The molecular formula is C35H42F3NO5. The molecule has 1 heterocycles. The molecule has 3 spiro atoms. The van der Waals surface area contributed by atoms with Gasteiger partial charge in [0.1, 0.15) is 5.60 Å². The van der Waals surface area contributed by atoms with Crippen molar-refractivity contribution in [1.82, 2.24) is 4.90 Å². The van der Waals surface area contributed by atoms with Crippen molar-refractivity contribution in [2.45, 2.75) is 83.1 Å². The molecule has 44 heavy (non-hydrogen) atoms. The Morgan fingerprint density at radius 2 is 1.82 bits per heavy atom. The third-order valence-electron chi connectivity index (χ3n) is 13.1. The van der Waals surface area contributed by atoms with E-state index in [4.69, 9.17) is 9.47 Å². The first-order valence-corrected chi connectivity index (χ1v) is 16.1. The second-order valence-corrected chi connectivity index (χ2v) is 14.8. The summed E-state index contributed by atoms with van der Waals surface area (Å²) in [5, 5.41) is 10.9. The lowest BCUT2D eigenvalue weighted by molar-refractivity contribution is -0.164. The largest absolute Gasteiger partial charge is 0.440 e. The van der Waals surface area contributed by atoms with Crippen molar-refractivity contribution in [1.29, 1.82) is 0 Å². The molecule has 1 amide bonds. The number of aliphatic hydroxyl groups excluding tert-OH is 1. The number of amides is 1. The van der Waals surface area contributed by atoms with E-state index in [1.165, 1.54) is 12.1 Å². The zero-order chi connectivity index (χ0) is 31.3. The second-order valence-electron chi connectivity index (χ2n) is 14.8. The lowest BCUT2D eigenvalue weighted by Crippen LogP contribution is -2.67. The first-order valence-electron chi connectivity index (χ1n) is 16.1. The number of ether oxygens (including phenoxy) is 2. The monoisotopic (exact) mass is 613 g/mol. The molecule has 1 saturated heterocycles. The predicted molar refractivity (Wildman–Crippen MR) is 157 cm³/mol. The first-order chi connectivity index (χ1) is 20.8. The molecule has 8 unspecified atom stereocenters. The Hall–Kier alpha value is -2.65. The van der Waals surface area contributed by atoms with Crippen molar-refractivity contribution in [2.75, 3.05) is 26.8 Å². The number of rotatable bonds is 6. The maximum atomic E-state index is 14.6. The minimum Gasteiger partial charge on any atom is -0.440 e. The zero-order valence-electron chi connectivity index (χ0n) is 25.7. The highest BCUT2D eigenvalue weighted by atomic mass is 19.4. The molecule has 6 aliphatic carbocycles. The van der Waals surface area contributed by atoms with Gasteiger partial charge in [-0.25, -0.2) is 4.79 Å². The van der Waals surface area contributed by atoms with Gasteiger partial charge in [-0.05, 0) is 80.8 Å². The SMILES string of the molecule is COCCCN1CC2(CCC3C45C=CC6(C=C4C(=O)c4cccc(C(F)(F)F)c4)CC(O)CCC6(C)C5CCC32C)OC1=O. The summed E-state index contributed by atoms with van der Waals surface area (Å²) in [5.74, 6) is -0.341. The normalized spacial score (nSPS) is 42.2. The highest BCUT2D eigenvalue weighted by Gasteiger charge is 2.76. The zero-order valence-corrected chi connectivity index (χ0v) is 25.7. The van der Waals surface area contributed by atoms with Crippen LogP contribution in [0.3, 0.4) is 0 Å². The Bertz CT molecular complexity index is 1460. The smallest absolute Gasteiger partial charge is 0.416 e. The summed E-state index contributed by atoms with van der Waals surface area (Å²) in [6, 6.07) is 4.76. The molecule has 0 radical (unpaired) electrons. The van der Waals surface area contributed by atoms with Gasteiger partial charge in [-0.2, -0.15) is 13.2 Å². The van der Waals surface area contributed by atoms with Gasteiger partial charge in [0.05, 0.1) is 18.2 Å². The molecule has 0 aromatic heterocycles. The van der Waals surface area contributed by atoms with Gasteiger partial charge in [0.2, 0.25) is 0 Å². The molecule has 7 aliphatic rings. The molecule has 4 fully saturated rings. The molecule has 8 rings (SSSR count). The van der Waals surface area contributed by atoms with Gasteiger partial charge in [0.15, 0.2) is 5.78 Å². The van der Waals surface area contributed by atoms with E-state index < -0.39 is 39.7 Å². The number of ketones is 1. The Balaban J connectivity index is 1.34. The number of fused-ring (bicyclic) bond motifs is 2. The highest BCUT2D eigenvalue weighted by Crippen LogP contribution is 2.79. The number of carbonyl (C=O) groups excluding carboxylic acids is 2. The van der Waals surface area contributed by atoms with E-state index >= 15 is 0 Å². The number of allylic oxidation sites excluding steroid dienone is 4. The number of halogens is 3. The standard InChI is InChI=1S/C35H42F3NO5/c1-30-11-8-24(40)19-32(30)14-15-34(25(20-32)28(41)22-6-4-7-23(18-22)35(36,37)38)26(30)9-12-31(2)27(34)10-13-33(31)21-39(29(42)44-33)16-5-17-43-3/h4,6-7,14-15,18,20,24,26-27,40H,5,8-13,16-17,19,21H2,1-3H3. The molecule has 1 aromatic rings. The number of Topliss-reactive ketones (excluding diaryl/α,β-unsaturated/α-hetero) is 1. The summed E-state index contributed by atoms with van der Waals surface area (Å²) >= 11 is 0. The summed E-state index contributed by atoms with van der Waals surface area (Å²) in [6.07, 6.45) is 6.82. The van der Waals surface area contributed by atoms with E-state index in [1.54, 1.807) is 12.0 Å². The van der Waals surface area contributed by atoms with Gasteiger partial charge in [-0.1, -0.05) is 44.2 Å². The van der Waals surface area contributed by atoms with Crippen LogP contribution in [0.5, 0.6) is 0 Å². The number of nitrogens with zero attached hydrogens (tertiary/aromatic N) is 1. The minimum absolute atomic E-state index is 0.0335. The fourth-order valence-electron chi connectivity index (χ4n) is 10.9. The topological polar surface area (TPSA) is 76.1 Å². The number of methoxy groups -OCH3 is 1. The Morgan fingerprint density at radius 1 is 1.09 bits per heavy atom. The Labute approximate surface area is 256 Å². The van der Waals surface area contributed by atoms with Gasteiger partial charge < -0.3 is 19.5 Å². The number of carbonyl (C=O) groups is 2. The molecular weight excluding hydrogens is 571 g/mol. The van der Waals surface area contributed by atoms with Crippen molar-refractivity contribution in [2.24, 2.45) is 33.5 Å². The minimum atomic E-state index is -4.57. The van der Waals surface area contributed by atoms with E-state index in [0.29, 0.717) is 51.0 Å². The van der Waals surface area contributed by atoms with Gasteiger partial charge in [0, 0.05) is 47.6 Å². The molecule has 238 valence electrons. The third-order valence-corrected chi connectivity index (χ3v) is 13.1. The molecule has 1 N–H and O–H groups in total. The molecule has 8 atom stereocenters. The van der Waals surface area contributed by atoms with Gasteiger partial charge >= 0.3 is 12.3 Å². The van der Waals surface area contributed by atoms with Crippen LogP contribution in [0.25, 0.3) is 0 Å². The first kappa shape index (κ1) is 30.0. The number of hydrogen-bond acceptors (Lipinski definition) is 5. The lowest BCUT2D eigenvalue weighted by atomic mass is 9.32. The van der Waals surface area contributed by atoms with Crippen molar-refractivity contribution >= 4 is 11.9 Å². The van der Waals surface area contributed by atoms with Gasteiger partial charge in [0.25, 0.3) is 0 Å². The fourth-order valence-corrected chi connectivity index (χ4v) is 10.9. The molecule has 9 heteroatoms. The lowest BCUT2D eigenvalue weighted by Gasteiger charge is -2.71. The quantitative estimate of drug-likeness (QED) is 0.213. The summed E-state index contributed by atoms with van der Waals surface area (Å²) in [5.41, 5.74) is -2.86. The van der Waals surface area contributed by atoms with Crippen molar-refractivity contribution in [3.63, 3.8) is 0 Å². The summed E-state index contributed by atoms with van der Waals surface area (Å²) < 4.78 is 52.8. The second kappa shape index (κ2) is 9.68. The van der Waals surface area contributed by atoms with E-state index in [9.17, 15) is 27.9 Å². The summed E-state index contributed by atoms with van der Waals surface area (Å²) in [7, 11) is 1.64. The van der Waals surface area contributed by atoms with Crippen molar-refractivity contribution in [3.05, 3.63) is 59.2 Å². The van der Waals surface area contributed by atoms with E-state index in [0.717, 1.165) is 37.8 Å². The van der Waals surface area contributed by atoms with Crippen LogP contribution in [0.2, 0.25) is 0 Å². The predicted octanol–water partition coefficient (Wildman–Crippen LogP) is 6.98. The van der Waals surface area contributed by atoms with Gasteiger partial charge in [-0.3, -0.25) is 4.79 Å². The number of alkyl halides is 3. The van der Waals surface area contributed by atoms with Crippen molar-refractivity contribution < 1.29 is 37.3 Å². The fraction of sp³-hybridized carbons (Fsp3) is 0.657. The average Bonchev–Trinajstić information content (AvgIpc) is 3.47. The van der Waals surface area contributed by atoms with Crippen LogP contribution in [-0.2, 0) is 15.7 Å². The van der Waals surface area contributed by atoms with Crippen LogP contribution in [-0.4, -0.2) is 60.4 Å². The van der Waals surface area contributed by atoms with E-state index in [-0.39, 0.29) is 34.7 Å². The summed E-state index contributed by atoms with van der Waals surface area (Å²) in [4.78, 5) is 29.6. The van der Waals surface area contributed by atoms with Crippen LogP contribution in [0.15, 0.2) is 48.1 Å². The van der Waals surface area contributed by atoms with E-state index in [1.807, 2.05) is 6.08 Å². The average molecular weight is 614 g/mol. The van der Waals surface area contributed by atoms with Crippen LogP contribution >= 0.6 is 0 Å². The van der Waals surface area contributed by atoms with Crippen LogP contribution in [0.4, 0.5) is 18.0 Å². The van der Waals surface area contributed by atoms with Crippen molar-refractivity contribution in [3.8, 4) is 0 Å². The van der Waals surface area contributed by atoms with E-state index in [2.05, 4.69) is 26.0 Å². The number of benzene rings is 1. The maximum absolute atomic E-state index is 14.6. The molecule has 2 bridgehead atoms. The molecule has 1 aromatic carbocycles. The molecule has 1 aliphatic heterocycles. The molecule has 3 saturated carbocycles. The van der Waals surface area contributed by atoms with Crippen LogP contribution < -0.4 is 0 Å². The number of hydrogen-bond donors (Lipinski definition) is 1. The summed E-state index contributed by atoms with van der Waals surface area (Å²) in [6.45, 7) is 6.09. The third kappa shape index (κ3) is 3.80. The Kier molecular flexibility index (Phi) is 6.60. The Morgan fingerprint density at radius 3 is 2.57 bits per heavy atom. The molecule has 6 nitrogen and oxygen atoms in total. The van der Waals surface area contributed by atoms with Crippen LogP contribution in [0.1, 0.15) is 81.1 Å². The van der Waals surface area contributed by atoms with Crippen LogP contribution in [0, 0.1) is 33.5 Å². The van der Waals surface area contributed by atoms with Gasteiger partial charge in [-0.15, -0.1) is 0 Å². The maximum Gasteiger partial charge on any atom is 0.416 e.